The molecule has 1 aliphatic heterocycles. The van der Waals surface area contributed by atoms with Gasteiger partial charge in [0.05, 0.1) is 23.4 Å². The predicted octanol–water partition coefficient (Wildman–Crippen LogP) is 2.41. The minimum absolute atomic E-state index is 0.230. The highest BCUT2D eigenvalue weighted by Gasteiger charge is 2.26. The first-order chi connectivity index (χ1) is 8.13. The van der Waals surface area contributed by atoms with Crippen LogP contribution in [0, 0.1) is 0 Å². The average molecular weight is 255 g/mol. The van der Waals surface area contributed by atoms with Gasteiger partial charge in [-0.15, -0.1) is 0 Å². The van der Waals surface area contributed by atoms with Crippen molar-refractivity contribution in [3.05, 3.63) is 28.8 Å². The number of nitrogens with two attached hydrogens (primary N) is 1. The summed E-state index contributed by atoms with van der Waals surface area (Å²) in [7, 11) is 0. The van der Waals surface area contributed by atoms with Crippen molar-refractivity contribution in [3.63, 3.8) is 0 Å². The van der Waals surface area contributed by atoms with Gasteiger partial charge in [-0.3, -0.25) is 0 Å². The lowest BCUT2D eigenvalue weighted by Gasteiger charge is -2.39. The first-order valence-electron chi connectivity index (χ1n) is 5.99. The zero-order chi connectivity index (χ0) is 12.4. The summed E-state index contributed by atoms with van der Waals surface area (Å²) < 4.78 is 5.64. The molecule has 2 rings (SSSR count). The first-order valence-corrected chi connectivity index (χ1v) is 6.37. The highest BCUT2D eigenvalue weighted by Crippen LogP contribution is 2.32. The van der Waals surface area contributed by atoms with Crippen LogP contribution >= 0.6 is 11.6 Å². The van der Waals surface area contributed by atoms with Crippen molar-refractivity contribution < 1.29 is 4.74 Å². The van der Waals surface area contributed by atoms with Gasteiger partial charge in [-0.1, -0.05) is 23.7 Å². The number of morpholine rings is 1. The summed E-state index contributed by atoms with van der Waals surface area (Å²) in [6.07, 6.45) is 0.230. The molecule has 1 aromatic rings. The minimum Gasteiger partial charge on any atom is -0.375 e. The maximum Gasteiger partial charge on any atom is 0.0723 e. The van der Waals surface area contributed by atoms with Crippen LogP contribution < -0.4 is 10.6 Å². The third-order valence-corrected chi connectivity index (χ3v) is 3.49. The lowest BCUT2D eigenvalue weighted by atomic mass is 10.1. The van der Waals surface area contributed by atoms with Crippen LogP contribution in [0.25, 0.3) is 0 Å². The minimum atomic E-state index is 0.230. The van der Waals surface area contributed by atoms with Gasteiger partial charge >= 0.3 is 0 Å². The van der Waals surface area contributed by atoms with E-state index in [-0.39, 0.29) is 6.10 Å². The van der Waals surface area contributed by atoms with Gasteiger partial charge in [0, 0.05) is 19.1 Å². The van der Waals surface area contributed by atoms with Crippen molar-refractivity contribution in [1.82, 2.24) is 0 Å². The highest BCUT2D eigenvalue weighted by atomic mass is 35.5. The van der Waals surface area contributed by atoms with Gasteiger partial charge in [0.15, 0.2) is 0 Å². The van der Waals surface area contributed by atoms with E-state index in [2.05, 4.69) is 18.7 Å². The molecule has 0 amide bonds. The number of ether oxygens (including phenoxy) is 1. The molecular formula is C13H19ClN2O. The standard InChI is InChI=1S/C13H19ClN2O/c1-9-8-17-10(2)7-16(9)13-11(6-15)4-3-5-12(13)14/h3-5,9-10H,6-8,15H2,1-2H3. The van der Waals surface area contributed by atoms with Gasteiger partial charge in [0.25, 0.3) is 0 Å². The molecular weight excluding hydrogens is 236 g/mol. The van der Waals surface area contributed by atoms with Gasteiger partial charge in [0.2, 0.25) is 0 Å². The molecule has 0 aromatic heterocycles. The van der Waals surface area contributed by atoms with Crippen LogP contribution in [0.4, 0.5) is 5.69 Å². The molecule has 1 aromatic carbocycles. The largest absolute Gasteiger partial charge is 0.375 e. The van der Waals surface area contributed by atoms with Gasteiger partial charge < -0.3 is 15.4 Å². The van der Waals surface area contributed by atoms with E-state index in [1.807, 2.05) is 18.2 Å². The van der Waals surface area contributed by atoms with Crippen LogP contribution in [0.3, 0.4) is 0 Å². The van der Waals surface area contributed by atoms with Crippen LogP contribution in [0.15, 0.2) is 18.2 Å². The van der Waals surface area contributed by atoms with Gasteiger partial charge in [-0.25, -0.2) is 0 Å². The number of nitrogens with zero attached hydrogens (tertiary/aromatic N) is 1. The normalized spacial score (nSPS) is 25.1. The maximum atomic E-state index is 6.32. The summed E-state index contributed by atoms with van der Waals surface area (Å²) in [5.74, 6) is 0. The van der Waals surface area contributed by atoms with E-state index in [0.29, 0.717) is 12.6 Å². The molecule has 2 atom stereocenters. The van der Waals surface area contributed by atoms with Crippen LogP contribution in [0.5, 0.6) is 0 Å². The van der Waals surface area contributed by atoms with Crippen molar-refractivity contribution in [2.45, 2.75) is 32.5 Å². The summed E-state index contributed by atoms with van der Waals surface area (Å²) in [6, 6.07) is 6.23. The van der Waals surface area contributed by atoms with Crippen molar-refractivity contribution in [2.24, 2.45) is 5.73 Å². The Morgan fingerprint density at radius 3 is 2.94 bits per heavy atom. The van der Waals surface area contributed by atoms with Crippen LogP contribution in [-0.4, -0.2) is 25.3 Å². The number of hydrogen-bond donors (Lipinski definition) is 1. The van der Waals surface area contributed by atoms with Crippen LogP contribution in [-0.2, 0) is 11.3 Å². The second-order valence-electron chi connectivity index (χ2n) is 4.60. The van der Waals surface area contributed by atoms with Crippen LogP contribution in [0.2, 0.25) is 5.02 Å². The van der Waals surface area contributed by atoms with Crippen LogP contribution in [0.1, 0.15) is 19.4 Å². The van der Waals surface area contributed by atoms with Crippen molar-refractivity contribution in [3.8, 4) is 0 Å². The Hall–Kier alpha value is -0.770. The summed E-state index contributed by atoms with van der Waals surface area (Å²) in [5, 5.41) is 0.772. The predicted molar refractivity (Wildman–Crippen MR) is 71.6 cm³/mol. The Morgan fingerprint density at radius 1 is 1.47 bits per heavy atom. The molecule has 2 N–H and O–H groups in total. The third-order valence-electron chi connectivity index (χ3n) is 3.19. The smallest absolute Gasteiger partial charge is 0.0723 e. The molecule has 0 saturated carbocycles. The van der Waals surface area contributed by atoms with Gasteiger partial charge in [-0.05, 0) is 25.5 Å². The number of para-hydroxylation sites is 1. The Labute approximate surface area is 107 Å². The van der Waals surface area contributed by atoms with Crippen molar-refractivity contribution in [2.75, 3.05) is 18.1 Å². The number of hydrogen-bond acceptors (Lipinski definition) is 3. The molecule has 17 heavy (non-hydrogen) atoms. The Balaban J connectivity index is 2.37. The summed E-state index contributed by atoms with van der Waals surface area (Å²) in [6.45, 7) is 6.33. The fraction of sp³-hybridized carbons (Fsp3) is 0.538. The summed E-state index contributed by atoms with van der Waals surface area (Å²) >= 11 is 6.32. The zero-order valence-corrected chi connectivity index (χ0v) is 11.1. The zero-order valence-electron chi connectivity index (χ0n) is 10.3. The topological polar surface area (TPSA) is 38.5 Å². The molecule has 94 valence electrons. The van der Waals surface area contributed by atoms with E-state index >= 15 is 0 Å². The first kappa shape index (κ1) is 12.7. The lowest BCUT2D eigenvalue weighted by Crippen LogP contribution is -2.48. The summed E-state index contributed by atoms with van der Waals surface area (Å²) in [5.41, 5.74) is 7.95. The fourth-order valence-electron chi connectivity index (χ4n) is 2.26. The van der Waals surface area contributed by atoms with E-state index in [9.17, 15) is 0 Å². The number of halogens is 1. The third kappa shape index (κ3) is 2.57. The van der Waals surface area contributed by atoms with E-state index in [1.165, 1.54) is 0 Å². The molecule has 0 radical (unpaired) electrons. The quantitative estimate of drug-likeness (QED) is 0.881. The molecule has 1 heterocycles. The SMILES string of the molecule is CC1CN(c2c(Cl)cccc2CN)C(C)CO1. The Bertz CT molecular complexity index is 397. The van der Waals surface area contributed by atoms with Gasteiger partial charge in [-0.2, -0.15) is 0 Å². The van der Waals surface area contributed by atoms with E-state index in [1.54, 1.807) is 0 Å². The Kier molecular flexibility index (Phi) is 3.92. The molecule has 0 spiro atoms. The lowest BCUT2D eigenvalue weighted by molar-refractivity contribution is 0.0343. The maximum absolute atomic E-state index is 6.32. The van der Waals surface area contributed by atoms with E-state index < -0.39 is 0 Å². The molecule has 4 heteroatoms. The molecule has 1 aliphatic rings. The Morgan fingerprint density at radius 2 is 2.24 bits per heavy atom. The van der Waals surface area contributed by atoms with E-state index in [0.717, 1.165) is 29.4 Å². The fourth-order valence-corrected chi connectivity index (χ4v) is 2.56. The highest BCUT2D eigenvalue weighted by molar-refractivity contribution is 6.33. The molecule has 0 bridgehead atoms. The second-order valence-corrected chi connectivity index (χ2v) is 5.00. The number of anilines is 1. The number of rotatable bonds is 2. The molecule has 0 aliphatic carbocycles. The second kappa shape index (κ2) is 5.25. The molecule has 1 saturated heterocycles. The number of benzene rings is 1. The molecule has 2 unspecified atom stereocenters. The summed E-state index contributed by atoms with van der Waals surface area (Å²) in [4.78, 5) is 2.30. The van der Waals surface area contributed by atoms with Crippen molar-refractivity contribution >= 4 is 17.3 Å². The van der Waals surface area contributed by atoms with E-state index in [4.69, 9.17) is 22.1 Å². The van der Waals surface area contributed by atoms with Crippen molar-refractivity contribution in [1.29, 1.82) is 0 Å². The molecule has 1 fully saturated rings. The molecule has 3 nitrogen and oxygen atoms in total. The average Bonchev–Trinajstić information content (AvgIpc) is 2.32. The van der Waals surface area contributed by atoms with Gasteiger partial charge in [0.1, 0.15) is 0 Å². The monoisotopic (exact) mass is 254 g/mol.